The van der Waals surface area contributed by atoms with Gasteiger partial charge < -0.3 is 14.9 Å². The minimum Gasteiger partial charge on any atom is -0.485 e. The van der Waals surface area contributed by atoms with E-state index in [0.29, 0.717) is 5.69 Å². The van der Waals surface area contributed by atoms with Crippen LogP contribution in [-0.2, 0) is 12.2 Å². The van der Waals surface area contributed by atoms with E-state index in [9.17, 15) is 19.1 Å². The monoisotopic (exact) mass is 681 g/mol. The van der Waals surface area contributed by atoms with Crippen molar-refractivity contribution in [2.75, 3.05) is 0 Å². The average molecular weight is 683 g/mol. The zero-order valence-corrected chi connectivity index (χ0v) is 29.9. The highest BCUT2D eigenvalue weighted by molar-refractivity contribution is 6.32. The number of hydrogen-bond donors (Lipinski definition) is 2. The number of ether oxygens (including phenoxy) is 1. The second-order valence-corrected chi connectivity index (χ2v) is 11.3. The van der Waals surface area contributed by atoms with E-state index < -0.39 is 28.1 Å². The van der Waals surface area contributed by atoms with Crippen LogP contribution >= 0.6 is 23.2 Å². The fourth-order valence-corrected chi connectivity index (χ4v) is 3.58. The molecule has 46 heavy (non-hydrogen) atoms. The van der Waals surface area contributed by atoms with Gasteiger partial charge in [-0.05, 0) is 60.6 Å². The summed E-state index contributed by atoms with van der Waals surface area (Å²) >= 11 is 12.3. The van der Waals surface area contributed by atoms with Crippen molar-refractivity contribution in [3.8, 4) is 5.75 Å². The summed E-state index contributed by atoms with van der Waals surface area (Å²) in [7, 11) is 0. The summed E-state index contributed by atoms with van der Waals surface area (Å²) in [4.78, 5) is 38.1. The highest BCUT2D eigenvalue weighted by atomic mass is 35.5. The van der Waals surface area contributed by atoms with E-state index in [1.165, 1.54) is 53.9 Å². The minimum atomic E-state index is -1.47. The van der Waals surface area contributed by atoms with Crippen molar-refractivity contribution in [3.05, 3.63) is 103 Å². The molecule has 0 aliphatic heterocycles. The second kappa shape index (κ2) is 19.8. The topological polar surface area (TPSA) is 132 Å². The van der Waals surface area contributed by atoms with Gasteiger partial charge in [0.25, 0.3) is 11.1 Å². The first-order valence-electron chi connectivity index (χ1n) is 14.7. The number of aliphatic imine (C=N–C) groups is 1. The molecule has 0 fully saturated rings. The van der Waals surface area contributed by atoms with E-state index in [1.807, 2.05) is 27.7 Å². The van der Waals surface area contributed by atoms with E-state index in [4.69, 9.17) is 33.0 Å². The lowest BCUT2D eigenvalue weighted by Gasteiger charge is -2.17. The maximum Gasteiger partial charge on any atom is 0.280 e. The molecule has 0 aliphatic carbocycles. The number of aromatic nitrogens is 4. The second-order valence-electron chi connectivity index (χ2n) is 10.5. The Morgan fingerprint density at radius 1 is 1.04 bits per heavy atom. The first kappa shape index (κ1) is 42.4. The van der Waals surface area contributed by atoms with Crippen LogP contribution in [0.15, 0.2) is 63.7 Å². The number of aliphatic hydroxyl groups is 2. The molecule has 0 saturated heterocycles. The number of aryl methyl sites for hydroxylation is 1. The smallest absolute Gasteiger partial charge is 0.280 e. The summed E-state index contributed by atoms with van der Waals surface area (Å²) in [5, 5.41) is 18.7. The Labute approximate surface area is 280 Å². The Morgan fingerprint density at radius 3 is 2.15 bits per heavy atom. The highest BCUT2D eigenvalue weighted by Crippen LogP contribution is 2.24. The van der Waals surface area contributed by atoms with Crippen LogP contribution in [0.1, 0.15) is 86.3 Å². The maximum absolute atomic E-state index is 13.2. The molecule has 3 rings (SSSR count). The molecule has 0 unspecified atom stereocenters. The molecule has 13 heteroatoms. The summed E-state index contributed by atoms with van der Waals surface area (Å²) in [6.45, 7) is 19.4. The number of allylic oxidation sites excluding steroid dienone is 2. The maximum atomic E-state index is 13.2. The third-order valence-electron chi connectivity index (χ3n) is 4.99. The van der Waals surface area contributed by atoms with Gasteiger partial charge in [-0.25, -0.2) is 9.38 Å². The van der Waals surface area contributed by atoms with Crippen molar-refractivity contribution in [3.63, 3.8) is 0 Å². The highest BCUT2D eigenvalue weighted by Gasteiger charge is 2.23. The summed E-state index contributed by atoms with van der Waals surface area (Å²) in [6.07, 6.45) is 9.78. The third-order valence-corrected chi connectivity index (χ3v) is 5.66. The molecular weight excluding hydrogens is 636 g/mol. The molecule has 0 radical (unpaired) electrons. The van der Waals surface area contributed by atoms with Crippen molar-refractivity contribution < 1.29 is 19.3 Å². The van der Waals surface area contributed by atoms with Gasteiger partial charge in [0.1, 0.15) is 40.3 Å². The summed E-state index contributed by atoms with van der Waals surface area (Å²) in [5.74, 6) is -0.325. The van der Waals surface area contributed by atoms with E-state index in [-0.39, 0.29) is 39.6 Å². The largest absolute Gasteiger partial charge is 0.485 e. The number of hydrogen-bond acceptors (Lipinski definition) is 8. The molecule has 10 nitrogen and oxygen atoms in total. The molecule has 0 atom stereocenters. The first-order valence-corrected chi connectivity index (χ1v) is 15.4. The van der Waals surface area contributed by atoms with Crippen LogP contribution in [0, 0.1) is 12.7 Å². The van der Waals surface area contributed by atoms with Crippen molar-refractivity contribution in [1.29, 1.82) is 0 Å². The Bertz CT molecular complexity index is 1610. The lowest BCUT2D eigenvalue weighted by atomic mass is 10.1. The molecule has 3 aromatic rings. The zero-order chi connectivity index (χ0) is 35.8. The van der Waals surface area contributed by atoms with Crippen molar-refractivity contribution in [2.45, 2.75) is 94.0 Å². The molecule has 3 heterocycles. The lowest BCUT2D eigenvalue weighted by Crippen LogP contribution is -2.35. The fourth-order valence-electron chi connectivity index (χ4n) is 3.17. The van der Waals surface area contributed by atoms with Crippen LogP contribution in [0.2, 0.25) is 10.0 Å². The fraction of sp³-hybridized carbons (Fsp3) is 0.424. The number of rotatable bonds is 7. The van der Waals surface area contributed by atoms with Gasteiger partial charge in [0, 0.05) is 36.6 Å². The van der Waals surface area contributed by atoms with Crippen LogP contribution in [-0.4, -0.2) is 40.8 Å². The normalized spacial score (nSPS) is 11.7. The van der Waals surface area contributed by atoms with Gasteiger partial charge in [0.15, 0.2) is 0 Å². The van der Waals surface area contributed by atoms with Crippen molar-refractivity contribution in [2.24, 2.45) is 4.99 Å². The van der Waals surface area contributed by atoms with Gasteiger partial charge in [-0.3, -0.25) is 28.7 Å². The predicted octanol–water partition coefficient (Wildman–Crippen LogP) is 7.14. The van der Waals surface area contributed by atoms with Gasteiger partial charge in [-0.1, -0.05) is 57.0 Å². The molecule has 0 spiro atoms. The van der Waals surface area contributed by atoms with Gasteiger partial charge >= 0.3 is 0 Å². The summed E-state index contributed by atoms with van der Waals surface area (Å²) in [5.41, 5.74) is -2.45. The number of halogens is 3. The van der Waals surface area contributed by atoms with Crippen LogP contribution in [0.3, 0.4) is 0 Å². The van der Waals surface area contributed by atoms with Gasteiger partial charge in [-0.15, -0.1) is 0 Å². The van der Waals surface area contributed by atoms with Crippen LogP contribution in [0.4, 0.5) is 4.39 Å². The van der Waals surface area contributed by atoms with Gasteiger partial charge in [-0.2, -0.15) is 0 Å². The van der Waals surface area contributed by atoms with E-state index in [1.54, 1.807) is 46.8 Å². The van der Waals surface area contributed by atoms with E-state index >= 15 is 0 Å². The number of nitrogens with zero attached hydrogens (tertiary/aromatic N) is 5. The summed E-state index contributed by atoms with van der Waals surface area (Å²) < 4.78 is 21.3. The van der Waals surface area contributed by atoms with Gasteiger partial charge in [0.05, 0.1) is 22.5 Å². The summed E-state index contributed by atoms with van der Waals surface area (Å²) in [6, 6.07) is 2.65. The first-order chi connectivity index (χ1) is 21.4. The lowest BCUT2D eigenvalue weighted by molar-refractivity contribution is 0.0719. The average Bonchev–Trinajstić information content (AvgIpc) is 2.97. The molecule has 0 aromatic carbocycles. The Morgan fingerprint density at radius 2 is 1.63 bits per heavy atom. The quantitative estimate of drug-likeness (QED) is 0.200. The molecule has 0 bridgehead atoms. The van der Waals surface area contributed by atoms with Crippen molar-refractivity contribution >= 4 is 35.2 Å². The van der Waals surface area contributed by atoms with Gasteiger partial charge in [0.2, 0.25) is 0 Å². The molecule has 0 amide bonds. The molecule has 2 N–H and O–H groups in total. The van der Waals surface area contributed by atoms with E-state index in [0.717, 1.165) is 12.3 Å². The molecule has 0 aliphatic rings. The third kappa shape index (κ3) is 13.8. The Hall–Kier alpha value is -3.64. The predicted molar refractivity (Wildman–Crippen MR) is 185 cm³/mol. The SMILES string of the molecule is C/C=C/N=C(/C=C/n1c(C)cc(OCc2ncc(F)cc2Cl)c(Cl)c1=O)n1ccnc(C(C)(C)O)c1=O.CC.CC.CC(C)(C)O. The van der Waals surface area contributed by atoms with Crippen LogP contribution < -0.4 is 15.9 Å². The minimum absolute atomic E-state index is 0.0646. The van der Waals surface area contributed by atoms with E-state index in [2.05, 4.69) is 15.0 Å². The number of pyridine rings is 2. The standard InChI is InChI=1S/C25H24Cl2FN5O4.C4H10O.2C2H6/c1-5-7-29-20(33-10-8-30-22(24(33)35)25(3,4)36)6-9-32-15(2)11-19(21(27)23(32)34)37-14-18-17(26)12-16(28)13-31-18;1-4(2,3)5;2*1-2/h5-13,36H,14H2,1-4H3;5H,1-3H3;2*1-2H3/b7-5+,9-6+,29-20-;;;. The Balaban J connectivity index is 0.00000201. The van der Waals surface area contributed by atoms with Crippen LogP contribution in [0.25, 0.3) is 6.20 Å². The Kier molecular flexibility index (Phi) is 18.2. The van der Waals surface area contributed by atoms with Crippen LogP contribution in [0.5, 0.6) is 5.75 Å². The molecular formula is C33H46Cl2FN5O5. The molecule has 254 valence electrons. The van der Waals surface area contributed by atoms with Crippen molar-refractivity contribution in [1.82, 2.24) is 19.1 Å². The zero-order valence-electron chi connectivity index (χ0n) is 28.4. The molecule has 3 aromatic heterocycles. The molecule has 0 saturated carbocycles.